The zero-order valence-corrected chi connectivity index (χ0v) is 20.2. The molecule has 34 heavy (non-hydrogen) atoms. The van der Waals surface area contributed by atoms with Crippen molar-refractivity contribution in [2.24, 2.45) is 0 Å². The summed E-state index contributed by atoms with van der Waals surface area (Å²) in [5.74, 6) is 0.650. The summed E-state index contributed by atoms with van der Waals surface area (Å²) in [6, 6.07) is 9.23. The number of aromatic nitrogens is 2. The van der Waals surface area contributed by atoms with Gasteiger partial charge in [0.25, 0.3) is 0 Å². The molecule has 2 bridgehead atoms. The second kappa shape index (κ2) is 8.42. The van der Waals surface area contributed by atoms with Crippen LogP contribution in [-0.4, -0.2) is 41.4 Å². The maximum absolute atomic E-state index is 13.7. The molecule has 2 unspecified atom stereocenters. The molecule has 4 heterocycles. The molecule has 0 amide bonds. The smallest absolute Gasteiger partial charge is 0.366 e. The Kier molecular flexibility index (Phi) is 5.50. The van der Waals surface area contributed by atoms with Gasteiger partial charge in [0.2, 0.25) is 5.95 Å². The van der Waals surface area contributed by atoms with Gasteiger partial charge < -0.3 is 15.5 Å². The first-order chi connectivity index (χ1) is 16.4. The molecule has 2 saturated heterocycles. The first kappa shape index (κ1) is 22.2. The van der Waals surface area contributed by atoms with Crippen LogP contribution >= 0.6 is 23.1 Å². The Hall–Kier alpha value is -2.30. The number of piperazine rings is 1. The number of hydrogen-bond acceptors (Lipinski definition) is 7. The van der Waals surface area contributed by atoms with Crippen LogP contribution in [0.3, 0.4) is 0 Å². The number of alkyl halides is 3. The van der Waals surface area contributed by atoms with Crippen molar-refractivity contribution in [3.63, 3.8) is 0 Å². The summed E-state index contributed by atoms with van der Waals surface area (Å²) < 4.78 is 41.1. The Labute approximate surface area is 204 Å². The van der Waals surface area contributed by atoms with E-state index >= 15 is 0 Å². The molecule has 3 fully saturated rings. The van der Waals surface area contributed by atoms with Gasteiger partial charge in [0.05, 0.1) is 10.6 Å². The zero-order valence-electron chi connectivity index (χ0n) is 18.5. The lowest BCUT2D eigenvalue weighted by Crippen LogP contribution is -2.43. The standard InChI is InChI=1S/C24H24F3N5S2/c1-33-17-8-21(34-12-17)22-19(24(25,26)27)10-29-23(31-22)30-20-5-4-15(7-18(20)13-2-3-13)32-11-14-6-16(32)9-28-14/h4-5,7-8,10,12-14,16,28H,2-3,6,9,11H2,1H3,(H,29,30,31). The highest BCUT2D eigenvalue weighted by Gasteiger charge is 2.39. The van der Waals surface area contributed by atoms with Gasteiger partial charge in [0.1, 0.15) is 5.56 Å². The van der Waals surface area contributed by atoms with Crippen molar-refractivity contribution in [1.29, 1.82) is 0 Å². The van der Waals surface area contributed by atoms with Crippen LogP contribution in [0.4, 0.5) is 30.5 Å². The summed E-state index contributed by atoms with van der Waals surface area (Å²) in [5.41, 5.74) is 2.39. The van der Waals surface area contributed by atoms with E-state index in [1.165, 1.54) is 40.8 Å². The van der Waals surface area contributed by atoms with Gasteiger partial charge in [-0.15, -0.1) is 23.1 Å². The van der Waals surface area contributed by atoms with Crippen molar-refractivity contribution in [3.05, 3.63) is 47.0 Å². The van der Waals surface area contributed by atoms with Gasteiger partial charge in [-0.05, 0) is 61.3 Å². The molecule has 2 atom stereocenters. The number of nitrogens with zero attached hydrogens (tertiary/aromatic N) is 3. The molecular formula is C24H24F3N5S2. The van der Waals surface area contributed by atoms with Gasteiger partial charge in [-0.3, -0.25) is 0 Å². The molecule has 5 nitrogen and oxygen atoms in total. The molecule has 1 aromatic carbocycles. The van der Waals surface area contributed by atoms with Crippen molar-refractivity contribution >= 4 is 40.4 Å². The largest absolute Gasteiger partial charge is 0.420 e. The lowest BCUT2D eigenvalue weighted by Gasteiger charge is -2.30. The van der Waals surface area contributed by atoms with Gasteiger partial charge in [0, 0.05) is 53.0 Å². The number of nitrogens with one attached hydrogen (secondary N) is 2. The molecule has 10 heteroatoms. The predicted octanol–water partition coefficient (Wildman–Crippen LogP) is 6.12. The SMILES string of the molecule is CSc1csc(-c2nc(Nc3ccc(N4CC5CC4CN5)cc3C3CC3)ncc2C(F)(F)F)c1. The van der Waals surface area contributed by atoms with Crippen LogP contribution in [0.5, 0.6) is 0 Å². The summed E-state index contributed by atoms with van der Waals surface area (Å²) in [5, 5.41) is 8.62. The van der Waals surface area contributed by atoms with E-state index in [9.17, 15) is 13.2 Å². The summed E-state index contributed by atoms with van der Waals surface area (Å²) in [6.45, 7) is 2.04. The molecule has 1 aliphatic carbocycles. The van der Waals surface area contributed by atoms with Crippen LogP contribution in [0.2, 0.25) is 0 Å². The molecule has 2 N–H and O–H groups in total. The molecule has 3 aromatic rings. The van der Waals surface area contributed by atoms with Gasteiger partial charge >= 0.3 is 6.18 Å². The fourth-order valence-corrected chi connectivity index (χ4v) is 6.57. The van der Waals surface area contributed by atoms with Crippen molar-refractivity contribution in [3.8, 4) is 10.6 Å². The topological polar surface area (TPSA) is 53.1 Å². The Bertz CT molecular complexity index is 1220. The average molecular weight is 504 g/mol. The Morgan fingerprint density at radius 3 is 2.74 bits per heavy atom. The van der Waals surface area contributed by atoms with Gasteiger partial charge in [0.15, 0.2) is 0 Å². The molecule has 0 spiro atoms. The number of hydrogen-bond donors (Lipinski definition) is 2. The van der Waals surface area contributed by atoms with E-state index in [0.717, 1.165) is 42.7 Å². The molecule has 0 radical (unpaired) electrons. The summed E-state index contributed by atoms with van der Waals surface area (Å²) in [6.07, 6.45) is 1.69. The normalized spacial score (nSPS) is 21.9. The zero-order chi connectivity index (χ0) is 23.4. The minimum Gasteiger partial charge on any atom is -0.366 e. The number of halogens is 3. The van der Waals surface area contributed by atoms with Crippen LogP contribution in [0, 0.1) is 0 Å². The van der Waals surface area contributed by atoms with Crippen molar-refractivity contribution in [2.45, 2.75) is 48.3 Å². The number of thioether (sulfide) groups is 1. The fraction of sp³-hybridized carbons (Fsp3) is 0.417. The summed E-state index contributed by atoms with van der Waals surface area (Å²) >= 11 is 2.76. The molecular weight excluding hydrogens is 479 g/mol. The Balaban J connectivity index is 1.33. The van der Waals surface area contributed by atoms with Crippen LogP contribution in [0.15, 0.2) is 40.7 Å². The molecule has 2 aliphatic heterocycles. The minimum atomic E-state index is -4.53. The van der Waals surface area contributed by atoms with Crippen molar-refractivity contribution in [1.82, 2.24) is 15.3 Å². The maximum Gasteiger partial charge on any atom is 0.420 e. The highest BCUT2D eigenvalue weighted by molar-refractivity contribution is 7.98. The van der Waals surface area contributed by atoms with Crippen LogP contribution in [-0.2, 0) is 6.18 Å². The van der Waals surface area contributed by atoms with Crippen LogP contribution in [0.25, 0.3) is 10.6 Å². The Morgan fingerprint density at radius 2 is 2.09 bits per heavy atom. The van der Waals surface area contributed by atoms with Crippen molar-refractivity contribution in [2.75, 3.05) is 29.6 Å². The number of anilines is 3. The second-order valence-electron chi connectivity index (χ2n) is 9.12. The fourth-order valence-electron chi connectivity index (χ4n) is 4.96. The highest BCUT2D eigenvalue weighted by atomic mass is 32.2. The number of rotatable bonds is 6. The summed E-state index contributed by atoms with van der Waals surface area (Å²) in [4.78, 5) is 12.3. The third-order valence-corrected chi connectivity index (χ3v) is 8.62. The van der Waals surface area contributed by atoms with E-state index in [2.05, 4.69) is 37.6 Å². The third kappa shape index (κ3) is 4.16. The third-order valence-electron chi connectivity index (χ3n) is 6.83. The van der Waals surface area contributed by atoms with Gasteiger partial charge in [-0.1, -0.05) is 0 Å². The minimum absolute atomic E-state index is 0.0829. The average Bonchev–Trinajstić information content (AvgIpc) is 3.21. The lowest BCUT2D eigenvalue weighted by atomic mass is 10.1. The van der Waals surface area contributed by atoms with E-state index in [1.807, 2.05) is 17.7 Å². The first-order valence-corrected chi connectivity index (χ1v) is 13.5. The second-order valence-corrected chi connectivity index (χ2v) is 10.9. The molecule has 178 valence electrons. The first-order valence-electron chi connectivity index (χ1n) is 11.4. The number of thiophene rings is 1. The van der Waals surface area contributed by atoms with E-state index < -0.39 is 11.7 Å². The van der Waals surface area contributed by atoms with Gasteiger partial charge in [-0.2, -0.15) is 13.2 Å². The summed E-state index contributed by atoms with van der Waals surface area (Å²) in [7, 11) is 0. The molecule has 3 aliphatic rings. The molecule has 2 aromatic heterocycles. The van der Waals surface area contributed by atoms with Crippen LogP contribution in [0.1, 0.15) is 36.3 Å². The highest BCUT2D eigenvalue weighted by Crippen LogP contribution is 2.46. The van der Waals surface area contributed by atoms with E-state index in [-0.39, 0.29) is 11.6 Å². The number of benzene rings is 1. The van der Waals surface area contributed by atoms with Gasteiger partial charge in [-0.25, -0.2) is 9.97 Å². The van der Waals surface area contributed by atoms with E-state index in [1.54, 1.807) is 6.07 Å². The number of fused-ring (bicyclic) bond motifs is 2. The molecule has 1 saturated carbocycles. The van der Waals surface area contributed by atoms with Crippen molar-refractivity contribution < 1.29 is 13.2 Å². The predicted molar refractivity (Wildman–Crippen MR) is 131 cm³/mol. The van der Waals surface area contributed by atoms with Crippen LogP contribution < -0.4 is 15.5 Å². The maximum atomic E-state index is 13.7. The van der Waals surface area contributed by atoms with E-state index in [4.69, 9.17) is 0 Å². The Morgan fingerprint density at radius 1 is 1.24 bits per heavy atom. The molecule has 6 rings (SSSR count). The lowest BCUT2D eigenvalue weighted by molar-refractivity contribution is -0.137. The monoisotopic (exact) mass is 503 g/mol. The quantitative estimate of drug-likeness (QED) is 0.396. The van der Waals surface area contributed by atoms with E-state index in [0.29, 0.717) is 22.9 Å².